The molecule has 196 valence electrons. The molecule has 0 amide bonds. The molecule has 1 aliphatic heterocycles. The van der Waals surface area contributed by atoms with Crippen molar-refractivity contribution in [2.75, 3.05) is 15.9 Å². The second-order valence-corrected chi connectivity index (χ2v) is 11.7. The number of sulfonamides is 1. The number of pyridine rings is 1. The van der Waals surface area contributed by atoms with Crippen molar-refractivity contribution in [2.24, 2.45) is 0 Å². The first-order valence-corrected chi connectivity index (χ1v) is 14.8. The molecule has 2 unspecified atom stereocenters. The summed E-state index contributed by atoms with van der Waals surface area (Å²) in [4.78, 5) is 6.76. The van der Waals surface area contributed by atoms with Gasteiger partial charge in [0, 0.05) is 34.6 Å². The summed E-state index contributed by atoms with van der Waals surface area (Å²) < 4.78 is 28.2. The highest BCUT2D eigenvalue weighted by atomic mass is 32.2. The monoisotopic (exact) mass is 545 g/mol. The predicted octanol–water partition coefficient (Wildman–Crippen LogP) is 5.60. The van der Waals surface area contributed by atoms with E-state index >= 15 is 0 Å². The van der Waals surface area contributed by atoms with E-state index in [-0.39, 0.29) is 12.1 Å². The van der Waals surface area contributed by atoms with Crippen molar-refractivity contribution in [3.63, 3.8) is 0 Å². The van der Waals surface area contributed by atoms with Crippen molar-refractivity contribution in [2.45, 2.75) is 39.3 Å². The minimum Gasteiger partial charge on any atom is -0.351 e. The zero-order chi connectivity index (χ0) is 27.0. The van der Waals surface area contributed by atoms with Crippen molar-refractivity contribution in [3.8, 4) is 5.69 Å². The summed E-state index contributed by atoms with van der Waals surface area (Å²) in [5.41, 5.74) is 8.09. The van der Waals surface area contributed by atoms with E-state index in [1.54, 1.807) is 18.3 Å². The Morgan fingerprint density at radius 1 is 1.00 bits per heavy atom. The number of nitrogens with zero attached hydrogens (tertiary/aromatic N) is 3. The quantitative estimate of drug-likeness (QED) is 0.294. The third-order valence-electron chi connectivity index (χ3n) is 6.94. The van der Waals surface area contributed by atoms with Gasteiger partial charge in [0.15, 0.2) is 5.11 Å². The van der Waals surface area contributed by atoms with Gasteiger partial charge >= 0.3 is 0 Å². The van der Waals surface area contributed by atoms with E-state index in [1.807, 2.05) is 30.3 Å². The Kier molecular flexibility index (Phi) is 6.98. The van der Waals surface area contributed by atoms with Crippen LogP contribution in [0, 0.1) is 13.8 Å². The molecule has 4 aromatic rings. The lowest BCUT2D eigenvalue weighted by molar-refractivity contribution is 0.565. The van der Waals surface area contributed by atoms with Gasteiger partial charge in [-0.1, -0.05) is 25.1 Å². The highest BCUT2D eigenvalue weighted by Gasteiger charge is 2.42. The van der Waals surface area contributed by atoms with Crippen molar-refractivity contribution >= 4 is 38.7 Å². The van der Waals surface area contributed by atoms with E-state index in [9.17, 15) is 8.42 Å². The number of thiocarbonyl (C=S) groups is 1. The van der Waals surface area contributed by atoms with Gasteiger partial charge in [-0.15, -0.1) is 0 Å². The summed E-state index contributed by atoms with van der Waals surface area (Å²) in [5.74, 6) is 0. The molecule has 3 heterocycles. The number of anilines is 2. The van der Waals surface area contributed by atoms with Gasteiger partial charge in [-0.2, -0.15) is 0 Å². The summed E-state index contributed by atoms with van der Waals surface area (Å²) in [6.45, 7) is 6.42. The number of aryl methyl sites for hydroxylation is 2. The number of hydrogen-bond acceptors (Lipinski definition) is 4. The van der Waals surface area contributed by atoms with Crippen molar-refractivity contribution in [3.05, 3.63) is 107 Å². The normalized spacial score (nSPS) is 17.5. The number of hydrogen-bond donors (Lipinski definition) is 2. The van der Waals surface area contributed by atoms with E-state index in [2.05, 4.69) is 75.6 Å². The molecule has 2 atom stereocenters. The van der Waals surface area contributed by atoms with E-state index in [0.717, 1.165) is 46.7 Å². The van der Waals surface area contributed by atoms with Crippen molar-refractivity contribution in [1.82, 2.24) is 14.9 Å². The van der Waals surface area contributed by atoms with Crippen LogP contribution in [-0.4, -0.2) is 29.3 Å². The first-order valence-electron chi connectivity index (χ1n) is 12.5. The molecule has 0 spiro atoms. The zero-order valence-electron chi connectivity index (χ0n) is 21.8. The van der Waals surface area contributed by atoms with Crippen LogP contribution in [0.5, 0.6) is 0 Å². The van der Waals surface area contributed by atoms with Crippen LogP contribution in [0.4, 0.5) is 11.4 Å². The Morgan fingerprint density at radius 3 is 2.29 bits per heavy atom. The molecule has 2 aromatic carbocycles. The molecule has 0 bridgehead atoms. The lowest BCUT2D eigenvalue weighted by atomic mass is 9.96. The largest absolute Gasteiger partial charge is 0.351 e. The maximum Gasteiger partial charge on any atom is 0.229 e. The zero-order valence-corrected chi connectivity index (χ0v) is 23.5. The minimum atomic E-state index is -3.37. The van der Waals surface area contributed by atoms with E-state index in [4.69, 9.17) is 12.2 Å². The first-order chi connectivity index (χ1) is 18.2. The molecule has 1 saturated heterocycles. The van der Waals surface area contributed by atoms with Crippen LogP contribution >= 0.6 is 12.2 Å². The molecular weight excluding hydrogens is 514 g/mol. The van der Waals surface area contributed by atoms with E-state index in [0.29, 0.717) is 10.8 Å². The molecule has 9 heteroatoms. The Morgan fingerprint density at radius 2 is 1.68 bits per heavy atom. The molecule has 2 aromatic heterocycles. The molecule has 1 fully saturated rings. The molecule has 0 aliphatic carbocycles. The molecule has 38 heavy (non-hydrogen) atoms. The number of aromatic nitrogens is 2. The molecular formula is C29H31N5O2S2. The standard InChI is InChI=1S/C29H31N5O2S2/c1-5-21-9-13-23(14-10-21)33-19(2)18-25(20(33)3)28-27(26-8-6-7-17-30-26)31-29(37)34(28)24-15-11-22(12-16-24)32-38(4,35)36/h6-18,27-28,32H,5H2,1-4H3,(H,31,37). The summed E-state index contributed by atoms with van der Waals surface area (Å²) in [7, 11) is -3.37. The number of benzene rings is 2. The van der Waals surface area contributed by atoms with E-state index < -0.39 is 10.0 Å². The predicted molar refractivity (Wildman–Crippen MR) is 157 cm³/mol. The molecule has 0 saturated carbocycles. The summed E-state index contributed by atoms with van der Waals surface area (Å²) in [6.07, 6.45) is 3.93. The molecule has 2 N–H and O–H groups in total. The van der Waals surface area contributed by atoms with Gasteiger partial charge in [0.2, 0.25) is 10.0 Å². The average molecular weight is 546 g/mol. The lowest BCUT2D eigenvalue weighted by Crippen LogP contribution is -2.29. The Balaban J connectivity index is 1.61. The number of rotatable bonds is 7. The summed E-state index contributed by atoms with van der Waals surface area (Å²) >= 11 is 5.87. The van der Waals surface area contributed by atoms with Gasteiger partial charge in [-0.05, 0) is 98.2 Å². The fraction of sp³-hybridized carbons (Fsp3) is 0.241. The van der Waals surface area contributed by atoms with Crippen LogP contribution in [0.1, 0.15) is 47.2 Å². The third kappa shape index (κ3) is 5.04. The highest BCUT2D eigenvalue weighted by Crippen LogP contribution is 2.44. The van der Waals surface area contributed by atoms with Crippen LogP contribution in [-0.2, 0) is 16.4 Å². The molecule has 1 aliphatic rings. The van der Waals surface area contributed by atoms with Gasteiger partial charge < -0.3 is 14.8 Å². The van der Waals surface area contributed by atoms with Gasteiger partial charge in [-0.3, -0.25) is 9.71 Å². The topological polar surface area (TPSA) is 79.3 Å². The Bertz CT molecular complexity index is 1560. The van der Waals surface area contributed by atoms with Gasteiger partial charge in [0.1, 0.15) is 0 Å². The van der Waals surface area contributed by atoms with Crippen LogP contribution < -0.4 is 14.9 Å². The molecule has 0 radical (unpaired) electrons. The fourth-order valence-corrected chi connectivity index (χ4v) is 6.13. The summed E-state index contributed by atoms with van der Waals surface area (Å²) in [5, 5.41) is 4.09. The van der Waals surface area contributed by atoms with Gasteiger partial charge in [-0.25, -0.2) is 8.42 Å². The minimum absolute atomic E-state index is 0.166. The van der Waals surface area contributed by atoms with Crippen LogP contribution in [0.25, 0.3) is 5.69 Å². The van der Waals surface area contributed by atoms with E-state index in [1.165, 1.54) is 5.56 Å². The fourth-order valence-electron chi connectivity index (χ4n) is 5.22. The maximum absolute atomic E-state index is 11.7. The average Bonchev–Trinajstić information content (AvgIpc) is 3.39. The van der Waals surface area contributed by atoms with Crippen LogP contribution in [0.15, 0.2) is 79.0 Å². The lowest BCUT2D eigenvalue weighted by Gasteiger charge is -2.28. The van der Waals surface area contributed by atoms with Crippen molar-refractivity contribution in [1.29, 1.82) is 0 Å². The van der Waals surface area contributed by atoms with Crippen LogP contribution in [0.3, 0.4) is 0 Å². The first kappa shape index (κ1) is 25.9. The molecule has 5 rings (SSSR count). The third-order valence-corrected chi connectivity index (χ3v) is 7.86. The van der Waals surface area contributed by atoms with Crippen LogP contribution in [0.2, 0.25) is 0 Å². The molecule has 7 nitrogen and oxygen atoms in total. The number of nitrogens with one attached hydrogen (secondary N) is 2. The van der Waals surface area contributed by atoms with Crippen molar-refractivity contribution < 1.29 is 8.42 Å². The highest BCUT2D eigenvalue weighted by molar-refractivity contribution is 7.92. The smallest absolute Gasteiger partial charge is 0.229 e. The second-order valence-electron chi connectivity index (χ2n) is 9.60. The Hall–Kier alpha value is -3.69. The summed E-state index contributed by atoms with van der Waals surface area (Å²) in [6, 6.07) is 23.8. The van der Waals surface area contributed by atoms with Gasteiger partial charge in [0.05, 0.1) is 24.0 Å². The van der Waals surface area contributed by atoms with Gasteiger partial charge in [0.25, 0.3) is 0 Å². The second kappa shape index (κ2) is 10.2. The maximum atomic E-state index is 11.7. The SMILES string of the molecule is CCc1ccc(-n2c(C)cc(C3C(c4ccccn4)NC(=S)N3c3ccc(NS(C)(=O)=O)cc3)c2C)cc1. The Labute approximate surface area is 229 Å².